The minimum atomic E-state index is -0.824. The summed E-state index contributed by atoms with van der Waals surface area (Å²) in [6.07, 6.45) is 11.1. The first-order valence-electron chi connectivity index (χ1n) is 8.30. The van der Waals surface area contributed by atoms with Crippen LogP contribution in [-0.4, -0.2) is 28.5 Å². The van der Waals surface area contributed by atoms with Crippen molar-refractivity contribution in [2.45, 2.75) is 96.1 Å². The highest BCUT2D eigenvalue weighted by Crippen LogP contribution is 2.16. The van der Waals surface area contributed by atoms with E-state index in [-0.39, 0.29) is 4.92 Å². The predicted octanol–water partition coefficient (Wildman–Crippen LogP) is 3.80. The highest BCUT2D eigenvalue weighted by molar-refractivity contribution is 5.50. The van der Waals surface area contributed by atoms with Crippen LogP contribution in [0.25, 0.3) is 0 Å². The van der Waals surface area contributed by atoms with Gasteiger partial charge < -0.3 is 5.11 Å². The minimum absolute atomic E-state index is 0.328. The number of aliphatic hydroxyl groups is 1. The molecule has 0 aliphatic carbocycles. The Bertz CT molecular complexity index is 271. The van der Waals surface area contributed by atoms with E-state index in [1.165, 1.54) is 0 Å². The highest BCUT2D eigenvalue weighted by atomic mass is 16.6. The van der Waals surface area contributed by atoms with Gasteiger partial charge in [0.15, 0.2) is 6.29 Å². The third kappa shape index (κ3) is 11.4. The molecule has 5 nitrogen and oxygen atoms in total. The van der Waals surface area contributed by atoms with Crippen LogP contribution in [0.3, 0.4) is 0 Å². The van der Waals surface area contributed by atoms with Gasteiger partial charge in [-0.3, -0.25) is 14.9 Å². The second kappa shape index (κ2) is 14.0. The van der Waals surface area contributed by atoms with Crippen LogP contribution in [0.4, 0.5) is 0 Å². The van der Waals surface area contributed by atoms with E-state index in [4.69, 9.17) is 0 Å². The SMILES string of the molecule is CCCCCCC(O)C(CCCCCCC[C]=O)[N+](=O)[O-]. The zero-order valence-corrected chi connectivity index (χ0v) is 13.3. The molecule has 0 amide bonds. The van der Waals surface area contributed by atoms with Crippen LogP contribution in [0.5, 0.6) is 0 Å². The molecule has 0 spiro atoms. The van der Waals surface area contributed by atoms with Crippen molar-refractivity contribution < 1.29 is 14.8 Å². The Morgan fingerprint density at radius 1 is 1.00 bits per heavy atom. The normalized spacial score (nSPS) is 13.8. The number of nitrogens with zero attached hydrogens (tertiary/aromatic N) is 1. The number of unbranched alkanes of at least 4 members (excludes halogenated alkanes) is 8. The van der Waals surface area contributed by atoms with E-state index >= 15 is 0 Å². The molecule has 0 aromatic carbocycles. The summed E-state index contributed by atoms with van der Waals surface area (Å²) in [4.78, 5) is 20.7. The molecule has 1 N–H and O–H groups in total. The first kappa shape index (κ1) is 20.0. The number of carbonyl (C=O) groups excluding carboxylic acids is 1. The number of hydrogen-bond acceptors (Lipinski definition) is 4. The van der Waals surface area contributed by atoms with Crippen molar-refractivity contribution in [3.63, 3.8) is 0 Å². The summed E-state index contributed by atoms with van der Waals surface area (Å²) in [5.74, 6) is 0. The summed E-state index contributed by atoms with van der Waals surface area (Å²) in [5, 5.41) is 21.0. The van der Waals surface area contributed by atoms with Gasteiger partial charge in [-0.2, -0.15) is 0 Å². The van der Waals surface area contributed by atoms with Crippen LogP contribution in [0, 0.1) is 10.1 Å². The molecule has 0 aromatic rings. The van der Waals surface area contributed by atoms with Gasteiger partial charge in [0, 0.05) is 17.8 Å². The average Bonchev–Trinajstić information content (AvgIpc) is 2.46. The summed E-state index contributed by atoms with van der Waals surface area (Å²) >= 11 is 0. The van der Waals surface area contributed by atoms with Crippen LogP contribution < -0.4 is 0 Å². The molecule has 0 saturated carbocycles. The van der Waals surface area contributed by atoms with E-state index in [2.05, 4.69) is 6.92 Å². The lowest BCUT2D eigenvalue weighted by Crippen LogP contribution is -2.33. The molecule has 1 radical (unpaired) electrons. The zero-order valence-electron chi connectivity index (χ0n) is 13.3. The molecule has 2 unspecified atom stereocenters. The van der Waals surface area contributed by atoms with Crippen LogP contribution in [0.15, 0.2) is 0 Å². The monoisotopic (exact) mass is 300 g/mol. The largest absolute Gasteiger partial charge is 0.386 e. The van der Waals surface area contributed by atoms with Gasteiger partial charge in [0.25, 0.3) is 0 Å². The topological polar surface area (TPSA) is 80.4 Å². The van der Waals surface area contributed by atoms with Crippen LogP contribution in [0.1, 0.15) is 84.0 Å². The third-order valence-electron chi connectivity index (χ3n) is 3.85. The first-order chi connectivity index (χ1) is 10.1. The van der Waals surface area contributed by atoms with Gasteiger partial charge in [-0.1, -0.05) is 51.9 Å². The summed E-state index contributed by atoms with van der Waals surface area (Å²) < 4.78 is 0. The van der Waals surface area contributed by atoms with Crippen molar-refractivity contribution in [2.75, 3.05) is 0 Å². The summed E-state index contributed by atoms with van der Waals surface area (Å²) in [7, 11) is 0. The maximum atomic E-state index is 11.0. The molecule has 0 aliphatic rings. The second-order valence-corrected chi connectivity index (χ2v) is 5.72. The number of aliphatic hydroxyl groups excluding tert-OH is 1. The maximum absolute atomic E-state index is 11.0. The molecule has 0 aromatic heterocycles. The van der Waals surface area contributed by atoms with Gasteiger partial charge in [0.1, 0.15) is 6.10 Å². The molecule has 5 heteroatoms. The summed E-state index contributed by atoms with van der Waals surface area (Å²) in [6, 6.07) is -0.824. The van der Waals surface area contributed by atoms with Crippen LogP contribution >= 0.6 is 0 Å². The molecule has 0 saturated heterocycles. The Hall–Kier alpha value is -0.970. The van der Waals surface area contributed by atoms with Crippen molar-refractivity contribution in [3.8, 4) is 0 Å². The maximum Gasteiger partial charge on any atom is 0.238 e. The molecule has 0 fully saturated rings. The molecule has 2 atom stereocenters. The Labute approximate surface area is 128 Å². The van der Waals surface area contributed by atoms with E-state index in [0.717, 1.165) is 57.8 Å². The Morgan fingerprint density at radius 3 is 2.19 bits per heavy atom. The first-order valence-corrected chi connectivity index (χ1v) is 8.30. The Kier molecular flexibility index (Phi) is 13.3. The lowest BCUT2D eigenvalue weighted by Gasteiger charge is -2.16. The predicted molar refractivity (Wildman–Crippen MR) is 83.6 cm³/mol. The highest BCUT2D eigenvalue weighted by Gasteiger charge is 2.28. The van der Waals surface area contributed by atoms with Crippen molar-refractivity contribution in [1.29, 1.82) is 0 Å². The Balaban J connectivity index is 3.80. The lowest BCUT2D eigenvalue weighted by atomic mass is 9.98. The fourth-order valence-electron chi connectivity index (χ4n) is 2.49. The number of hydrogen-bond donors (Lipinski definition) is 1. The van der Waals surface area contributed by atoms with E-state index in [9.17, 15) is 20.0 Å². The van der Waals surface area contributed by atoms with E-state index in [1.54, 1.807) is 0 Å². The minimum Gasteiger partial charge on any atom is -0.386 e. The number of nitro groups is 1. The van der Waals surface area contributed by atoms with Crippen molar-refractivity contribution in [3.05, 3.63) is 10.1 Å². The molecular formula is C16H30NO4. The van der Waals surface area contributed by atoms with Gasteiger partial charge >= 0.3 is 0 Å². The zero-order chi connectivity index (χ0) is 15.9. The molecule has 21 heavy (non-hydrogen) atoms. The quantitative estimate of drug-likeness (QED) is 0.283. The van der Waals surface area contributed by atoms with Crippen LogP contribution in [0.2, 0.25) is 0 Å². The van der Waals surface area contributed by atoms with Gasteiger partial charge in [-0.25, -0.2) is 0 Å². The average molecular weight is 300 g/mol. The fraction of sp³-hybridized carbons (Fsp3) is 0.938. The number of rotatable bonds is 15. The van der Waals surface area contributed by atoms with E-state index in [0.29, 0.717) is 19.3 Å². The smallest absolute Gasteiger partial charge is 0.238 e. The van der Waals surface area contributed by atoms with E-state index < -0.39 is 12.1 Å². The lowest BCUT2D eigenvalue weighted by molar-refractivity contribution is -0.535. The summed E-state index contributed by atoms with van der Waals surface area (Å²) in [5.41, 5.74) is 0. The van der Waals surface area contributed by atoms with Crippen molar-refractivity contribution in [2.24, 2.45) is 0 Å². The second-order valence-electron chi connectivity index (χ2n) is 5.72. The van der Waals surface area contributed by atoms with Gasteiger partial charge in [-0.15, -0.1) is 0 Å². The van der Waals surface area contributed by atoms with E-state index in [1.807, 2.05) is 6.29 Å². The molecule has 0 bridgehead atoms. The van der Waals surface area contributed by atoms with Gasteiger partial charge in [0.05, 0.1) is 0 Å². The van der Waals surface area contributed by atoms with Gasteiger partial charge in [-0.05, 0) is 19.3 Å². The molecule has 123 valence electrons. The van der Waals surface area contributed by atoms with Crippen molar-refractivity contribution in [1.82, 2.24) is 0 Å². The molecule has 0 aliphatic heterocycles. The van der Waals surface area contributed by atoms with Crippen molar-refractivity contribution >= 4 is 6.29 Å². The standard InChI is InChI=1S/C16H30NO4/c1-2-3-4-10-13-16(19)15(17(20)21)12-9-7-5-6-8-11-14-18/h15-16,19H,2-13H2,1H3. The summed E-state index contributed by atoms with van der Waals surface area (Å²) in [6.45, 7) is 2.11. The van der Waals surface area contributed by atoms with Crippen LogP contribution in [-0.2, 0) is 4.79 Å². The Morgan fingerprint density at radius 2 is 1.57 bits per heavy atom. The molecular weight excluding hydrogens is 270 g/mol. The third-order valence-corrected chi connectivity index (χ3v) is 3.85. The van der Waals surface area contributed by atoms with Gasteiger partial charge in [0.2, 0.25) is 6.04 Å². The fourth-order valence-corrected chi connectivity index (χ4v) is 2.49. The molecule has 0 heterocycles. The molecule has 0 rings (SSSR count).